The Hall–Kier alpha value is -3.68. The molecule has 0 aliphatic heterocycles. The maximum atomic E-state index is 13.0. The molecule has 2 aromatic heterocycles. The summed E-state index contributed by atoms with van der Waals surface area (Å²) in [5.41, 5.74) is 7.88. The van der Waals surface area contributed by atoms with Gasteiger partial charge >= 0.3 is 0 Å². The summed E-state index contributed by atoms with van der Waals surface area (Å²) in [4.78, 5) is 40.8. The Morgan fingerprint density at radius 1 is 1.03 bits per heavy atom. The van der Waals surface area contributed by atoms with Crippen molar-refractivity contribution in [2.45, 2.75) is 45.6 Å². The van der Waals surface area contributed by atoms with Gasteiger partial charge in [-0.25, -0.2) is 4.98 Å². The first kappa shape index (κ1) is 24.0. The first-order valence-corrected chi connectivity index (χ1v) is 11.1. The molecule has 0 radical (unpaired) electrons. The Morgan fingerprint density at radius 3 is 2.42 bits per heavy atom. The number of nitrogens with one attached hydrogen (secondary N) is 2. The van der Waals surface area contributed by atoms with Crippen LogP contribution in [0.5, 0.6) is 0 Å². The van der Waals surface area contributed by atoms with Gasteiger partial charge in [-0.3, -0.25) is 18.8 Å². The second-order valence-electron chi connectivity index (χ2n) is 8.69. The van der Waals surface area contributed by atoms with Crippen LogP contribution in [-0.4, -0.2) is 39.7 Å². The highest BCUT2D eigenvalue weighted by Gasteiger charge is 2.18. The Bertz CT molecular complexity index is 1120. The lowest BCUT2D eigenvalue weighted by molar-refractivity contribution is -0.126. The molecule has 3 rings (SSSR count). The summed E-state index contributed by atoms with van der Waals surface area (Å²) < 4.78 is 1.68. The highest BCUT2D eigenvalue weighted by Crippen LogP contribution is 2.23. The van der Waals surface area contributed by atoms with Gasteiger partial charge in [-0.05, 0) is 37.0 Å². The second kappa shape index (κ2) is 10.8. The normalized spacial score (nSPS) is 13.0. The number of aromatic nitrogens is 2. The van der Waals surface area contributed by atoms with Crippen molar-refractivity contribution in [2.24, 2.45) is 11.7 Å². The fourth-order valence-electron chi connectivity index (χ4n) is 3.80. The third kappa shape index (κ3) is 6.41. The molecule has 4 N–H and O–H groups in total. The maximum absolute atomic E-state index is 13.0. The van der Waals surface area contributed by atoms with Crippen LogP contribution in [0.25, 0.3) is 5.65 Å². The van der Waals surface area contributed by atoms with Gasteiger partial charge in [-0.15, -0.1) is 0 Å². The molecule has 0 saturated carbocycles. The summed E-state index contributed by atoms with van der Waals surface area (Å²) in [5, 5.41) is 5.60. The quantitative estimate of drug-likeness (QED) is 0.440. The number of imidazole rings is 1. The first-order valence-electron chi connectivity index (χ1n) is 11.1. The molecule has 0 aliphatic rings. The van der Waals surface area contributed by atoms with Crippen LogP contribution in [0.3, 0.4) is 0 Å². The molecule has 0 spiro atoms. The van der Waals surface area contributed by atoms with Crippen LogP contribution >= 0.6 is 0 Å². The van der Waals surface area contributed by atoms with Gasteiger partial charge in [0.2, 0.25) is 11.8 Å². The van der Waals surface area contributed by atoms with Gasteiger partial charge < -0.3 is 16.4 Å². The minimum Gasteiger partial charge on any atom is -0.368 e. The van der Waals surface area contributed by atoms with Crippen LogP contribution in [-0.2, 0) is 16.0 Å². The van der Waals surface area contributed by atoms with Crippen molar-refractivity contribution in [3.63, 3.8) is 0 Å². The number of carbonyl (C=O) groups is 3. The lowest BCUT2D eigenvalue weighted by Gasteiger charge is -2.20. The highest BCUT2D eigenvalue weighted by molar-refractivity contribution is 5.93. The van der Waals surface area contributed by atoms with E-state index in [1.807, 2.05) is 18.2 Å². The van der Waals surface area contributed by atoms with E-state index in [2.05, 4.69) is 41.6 Å². The zero-order valence-electron chi connectivity index (χ0n) is 19.2. The largest absolute Gasteiger partial charge is 0.368 e. The van der Waals surface area contributed by atoms with E-state index >= 15 is 0 Å². The average Bonchev–Trinajstić information content (AvgIpc) is 3.18. The molecule has 0 bridgehead atoms. The highest BCUT2D eigenvalue weighted by atomic mass is 16.2. The van der Waals surface area contributed by atoms with Crippen LogP contribution < -0.4 is 16.4 Å². The van der Waals surface area contributed by atoms with Gasteiger partial charge in [0.1, 0.15) is 17.4 Å². The van der Waals surface area contributed by atoms with Crippen molar-refractivity contribution in [1.82, 2.24) is 20.0 Å². The van der Waals surface area contributed by atoms with E-state index in [0.29, 0.717) is 29.5 Å². The van der Waals surface area contributed by atoms with Crippen molar-refractivity contribution in [3.8, 4) is 0 Å². The molecular formula is C25H31N5O3. The topological polar surface area (TPSA) is 119 Å². The van der Waals surface area contributed by atoms with Crippen molar-refractivity contribution in [3.05, 3.63) is 71.7 Å². The number of nitrogens with two attached hydrogens (primary N) is 1. The molecule has 0 fully saturated rings. The van der Waals surface area contributed by atoms with Crippen LogP contribution in [0.2, 0.25) is 0 Å². The van der Waals surface area contributed by atoms with Crippen LogP contribution in [0.1, 0.15) is 54.9 Å². The molecule has 3 amide bonds. The zero-order chi connectivity index (χ0) is 24.0. The predicted molar refractivity (Wildman–Crippen MR) is 127 cm³/mol. The Labute approximate surface area is 193 Å². The summed E-state index contributed by atoms with van der Waals surface area (Å²) >= 11 is 0. The van der Waals surface area contributed by atoms with Crippen LogP contribution in [0.15, 0.2) is 54.7 Å². The lowest BCUT2D eigenvalue weighted by atomic mass is 9.90. The van der Waals surface area contributed by atoms with E-state index in [-0.39, 0.29) is 24.2 Å². The summed E-state index contributed by atoms with van der Waals surface area (Å²) in [6.45, 7) is 6.39. The molecule has 3 aromatic rings. The van der Waals surface area contributed by atoms with E-state index < -0.39 is 11.9 Å². The van der Waals surface area contributed by atoms with Crippen LogP contribution in [0.4, 0.5) is 0 Å². The molecule has 2 unspecified atom stereocenters. The molecule has 1 aromatic carbocycles. The fourth-order valence-corrected chi connectivity index (χ4v) is 3.80. The lowest BCUT2D eigenvalue weighted by Crippen LogP contribution is -2.42. The summed E-state index contributed by atoms with van der Waals surface area (Å²) in [6, 6.07) is 14.7. The standard InChI is InChI=1S/C25H31N5O3/c1-16(2)12-19(18-8-5-4-6-9-18)14-27-25(33)21-10-7-11-22-29-20(15-30(21)22)13-23(31)28-17(3)24(26)32/h4-11,15-17,19H,12-14H2,1-3H3,(H2,26,32)(H,27,33)(H,28,31). The summed E-state index contributed by atoms with van der Waals surface area (Å²) in [6.07, 6.45) is 2.61. The van der Waals surface area contributed by atoms with Crippen molar-refractivity contribution < 1.29 is 14.4 Å². The number of hydrogen-bond acceptors (Lipinski definition) is 4. The average molecular weight is 450 g/mol. The molecule has 2 atom stereocenters. The van der Waals surface area contributed by atoms with E-state index in [1.54, 1.807) is 28.8 Å². The van der Waals surface area contributed by atoms with E-state index in [9.17, 15) is 14.4 Å². The summed E-state index contributed by atoms with van der Waals surface area (Å²) in [5.74, 6) is -0.474. The molecule has 0 saturated heterocycles. The number of pyridine rings is 1. The van der Waals surface area contributed by atoms with E-state index in [1.165, 1.54) is 12.5 Å². The molecule has 8 heteroatoms. The van der Waals surface area contributed by atoms with Gasteiger partial charge in [0.25, 0.3) is 5.91 Å². The SMILES string of the molecule is CC(C)CC(CNC(=O)c1cccc2nc(CC(=O)NC(C)C(N)=O)cn12)c1ccccc1. The third-order valence-electron chi connectivity index (χ3n) is 5.46. The number of hydrogen-bond donors (Lipinski definition) is 3. The minimum absolute atomic E-state index is 0.0230. The number of rotatable bonds is 10. The van der Waals surface area contributed by atoms with Crippen molar-refractivity contribution in [1.29, 1.82) is 0 Å². The van der Waals surface area contributed by atoms with Crippen molar-refractivity contribution >= 4 is 23.4 Å². The van der Waals surface area contributed by atoms with E-state index in [4.69, 9.17) is 5.73 Å². The molecular weight excluding hydrogens is 418 g/mol. The van der Waals surface area contributed by atoms with E-state index in [0.717, 1.165) is 6.42 Å². The third-order valence-corrected chi connectivity index (χ3v) is 5.46. The maximum Gasteiger partial charge on any atom is 0.268 e. The zero-order valence-corrected chi connectivity index (χ0v) is 19.2. The Balaban J connectivity index is 1.73. The molecule has 174 valence electrons. The number of amides is 3. The predicted octanol–water partition coefficient (Wildman–Crippen LogP) is 2.43. The Morgan fingerprint density at radius 2 is 1.76 bits per heavy atom. The minimum atomic E-state index is -0.765. The smallest absolute Gasteiger partial charge is 0.268 e. The fraction of sp³-hybridized carbons (Fsp3) is 0.360. The molecule has 0 aliphatic carbocycles. The first-order chi connectivity index (χ1) is 15.7. The molecule has 2 heterocycles. The van der Waals surface area contributed by atoms with Gasteiger partial charge in [0.15, 0.2) is 0 Å². The number of primary amides is 1. The summed E-state index contributed by atoms with van der Waals surface area (Å²) in [7, 11) is 0. The van der Waals surface area contributed by atoms with Gasteiger partial charge in [0, 0.05) is 18.7 Å². The van der Waals surface area contributed by atoms with Gasteiger partial charge in [0.05, 0.1) is 12.1 Å². The number of nitrogens with zero attached hydrogens (tertiary/aromatic N) is 2. The van der Waals surface area contributed by atoms with Crippen LogP contribution in [0, 0.1) is 5.92 Å². The Kier molecular flexibility index (Phi) is 7.82. The number of benzene rings is 1. The second-order valence-corrected chi connectivity index (χ2v) is 8.69. The number of fused-ring (bicyclic) bond motifs is 1. The number of carbonyl (C=O) groups excluding carboxylic acids is 3. The van der Waals surface area contributed by atoms with Gasteiger partial charge in [-0.1, -0.05) is 50.2 Å². The monoisotopic (exact) mass is 449 g/mol. The van der Waals surface area contributed by atoms with Crippen molar-refractivity contribution in [2.75, 3.05) is 6.54 Å². The molecule has 8 nitrogen and oxygen atoms in total. The van der Waals surface area contributed by atoms with Gasteiger partial charge in [-0.2, -0.15) is 0 Å². The molecule has 33 heavy (non-hydrogen) atoms.